The van der Waals surface area contributed by atoms with Gasteiger partial charge in [0.15, 0.2) is 0 Å². The van der Waals surface area contributed by atoms with Gasteiger partial charge in [-0.1, -0.05) is 40.5 Å². The molecule has 2 aromatic rings. The molecule has 0 unspecified atom stereocenters. The topological polar surface area (TPSA) is 21.3 Å². The second kappa shape index (κ2) is 8.23. The van der Waals surface area contributed by atoms with Crippen LogP contribution in [0.5, 0.6) is 5.75 Å². The monoisotopic (exact) mass is 445 g/mol. The van der Waals surface area contributed by atoms with Crippen LogP contribution >= 0.6 is 43.5 Å². The van der Waals surface area contributed by atoms with E-state index in [1.165, 1.54) is 0 Å². The van der Waals surface area contributed by atoms with Crippen molar-refractivity contribution in [2.24, 2.45) is 0 Å². The van der Waals surface area contributed by atoms with Gasteiger partial charge in [0.2, 0.25) is 0 Å². The fourth-order valence-corrected chi connectivity index (χ4v) is 3.70. The zero-order valence-corrected chi connectivity index (χ0v) is 16.5. The van der Waals surface area contributed by atoms with E-state index < -0.39 is 0 Å². The summed E-state index contributed by atoms with van der Waals surface area (Å²) in [6.45, 7) is 5.47. The van der Waals surface area contributed by atoms with E-state index in [4.69, 9.17) is 16.3 Å². The second-order valence-electron chi connectivity index (χ2n) is 4.99. The van der Waals surface area contributed by atoms with Crippen LogP contribution in [0, 0.1) is 6.92 Å². The van der Waals surface area contributed by atoms with Gasteiger partial charge in [-0.15, -0.1) is 0 Å². The van der Waals surface area contributed by atoms with Crippen molar-refractivity contribution in [1.29, 1.82) is 0 Å². The van der Waals surface area contributed by atoms with Gasteiger partial charge in [0.25, 0.3) is 0 Å². The number of ether oxygens (including phenoxy) is 1. The first kappa shape index (κ1) is 17.6. The lowest BCUT2D eigenvalue weighted by molar-refractivity contribution is 0.312. The van der Waals surface area contributed by atoms with Gasteiger partial charge in [0.1, 0.15) is 5.75 Å². The SMILES string of the molecule is CCCOc1c(Br)cc(Br)cc1CNc1cccc(Cl)c1C. The highest BCUT2D eigenvalue weighted by molar-refractivity contribution is 9.11. The predicted octanol–water partition coefficient (Wildman–Crippen LogP) is 6.57. The largest absolute Gasteiger partial charge is 0.492 e. The lowest BCUT2D eigenvalue weighted by Gasteiger charge is -2.16. The van der Waals surface area contributed by atoms with Crippen LogP contribution in [0.3, 0.4) is 0 Å². The van der Waals surface area contributed by atoms with E-state index in [2.05, 4.69) is 50.2 Å². The van der Waals surface area contributed by atoms with E-state index in [1.807, 2.05) is 31.2 Å². The zero-order chi connectivity index (χ0) is 16.1. The molecule has 22 heavy (non-hydrogen) atoms. The molecular formula is C17H18Br2ClNO. The summed E-state index contributed by atoms with van der Waals surface area (Å²) in [6, 6.07) is 9.94. The minimum absolute atomic E-state index is 0.665. The maximum atomic E-state index is 6.17. The third-order valence-electron chi connectivity index (χ3n) is 3.27. The minimum Gasteiger partial charge on any atom is -0.492 e. The summed E-state index contributed by atoms with van der Waals surface area (Å²) in [7, 11) is 0. The number of benzene rings is 2. The molecule has 0 radical (unpaired) electrons. The van der Waals surface area contributed by atoms with Crippen LogP contribution in [-0.4, -0.2) is 6.61 Å². The van der Waals surface area contributed by atoms with E-state index in [0.717, 1.165) is 43.0 Å². The molecule has 0 amide bonds. The van der Waals surface area contributed by atoms with E-state index in [9.17, 15) is 0 Å². The lowest BCUT2D eigenvalue weighted by Crippen LogP contribution is -2.06. The van der Waals surface area contributed by atoms with Crippen molar-refractivity contribution in [2.45, 2.75) is 26.8 Å². The van der Waals surface area contributed by atoms with Crippen LogP contribution in [0.25, 0.3) is 0 Å². The maximum absolute atomic E-state index is 6.17. The summed E-state index contributed by atoms with van der Waals surface area (Å²) in [5.41, 5.74) is 3.17. The Labute approximate surface area is 153 Å². The Morgan fingerprint density at radius 3 is 2.73 bits per heavy atom. The number of nitrogens with one attached hydrogen (secondary N) is 1. The molecule has 0 aliphatic rings. The Morgan fingerprint density at radius 2 is 2.00 bits per heavy atom. The van der Waals surface area contributed by atoms with E-state index >= 15 is 0 Å². The van der Waals surface area contributed by atoms with Crippen molar-refractivity contribution in [3.63, 3.8) is 0 Å². The molecule has 118 valence electrons. The molecule has 0 atom stereocenters. The molecule has 0 saturated heterocycles. The van der Waals surface area contributed by atoms with Crippen LogP contribution in [0.4, 0.5) is 5.69 Å². The smallest absolute Gasteiger partial charge is 0.138 e. The predicted molar refractivity (Wildman–Crippen MR) is 101 cm³/mol. The van der Waals surface area contributed by atoms with Gasteiger partial charge in [-0.2, -0.15) is 0 Å². The van der Waals surface area contributed by atoms with Crippen LogP contribution in [-0.2, 0) is 6.54 Å². The molecule has 0 aliphatic carbocycles. The van der Waals surface area contributed by atoms with E-state index in [-0.39, 0.29) is 0 Å². The Morgan fingerprint density at radius 1 is 1.23 bits per heavy atom. The molecule has 5 heteroatoms. The minimum atomic E-state index is 0.665. The van der Waals surface area contributed by atoms with Gasteiger partial charge >= 0.3 is 0 Å². The first-order valence-corrected chi connectivity index (χ1v) is 9.09. The average molecular weight is 448 g/mol. The Hall–Kier alpha value is -0.710. The van der Waals surface area contributed by atoms with Crippen molar-refractivity contribution in [3.05, 3.63) is 55.4 Å². The van der Waals surface area contributed by atoms with E-state index in [0.29, 0.717) is 13.2 Å². The molecule has 2 nitrogen and oxygen atoms in total. The summed E-state index contributed by atoms with van der Waals surface area (Å²) in [6.07, 6.45) is 0.975. The Kier molecular flexibility index (Phi) is 6.60. The first-order valence-electron chi connectivity index (χ1n) is 7.12. The molecule has 0 saturated carbocycles. The fraction of sp³-hybridized carbons (Fsp3) is 0.294. The summed E-state index contributed by atoms with van der Waals surface area (Å²) >= 11 is 13.3. The van der Waals surface area contributed by atoms with Crippen molar-refractivity contribution in [3.8, 4) is 5.75 Å². The van der Waals surface area contributed by atoms with Crippen LogP contribution in [0.1, 0.15) is 24.5 Å². The highest BCUT2D eigenvalue weighted by atomic mass is 79.9. The van der Waals surface area contributed by atoms with Crippen LogP contribution in [0.15, 0.2) is 39.3 Å². The molecule has 0 fully saturated rings. The maximum Gasteiger partial charge on any atom is 0.138 e. The molecular weight excluding hydrogens is 429 g/mol. The van der Waals surface area contributed by atoms with Crippen LogP contribution < -0.4 is 10.1 Å². The van der Waals surface area contributed by atoms with Crippen molar-refractivity contribution < 1.29 is 4.74 Å². The highest BCUT2D eigenvalue weighted by Crippen LogP contribution is 2.34. The van der Waals surface area contributed by atoms with Gasteiger partial charge in [0, 0.05) is 27.3 Å². The van der Waals surface area contributed by atoms with Crippen molar-refractivity contribution >= 4 is 49.1 Å². The fourth-order valence-electron chi connectivity index (χ4n) is 2.10. The molecule has 0 aliphatic heterocycles. The number of rotatable bonds is 6. The third kappa shape index (κ3) is 4.40. The summed E-state index contributed by atoms with van der Waals surface area (Å²) in [5.74, 6) is 0.886. The molecule has 0 spiro atoms. The zero-order valence-electron chi connectivity index (χ0n) is 12.6. The molecule has 2 rings (SSSR count). The summed E-state index contributed by atoms with van der Waals surface area (Å²) < 4.78 is 7.85. The van der Waals surface area contributed by atoms with Gasteiger partial charge in [-0.05, 0) is 59.1 Å². The number of halogens is 3. The summed E-state index contributed by atoms with van der Waals surface area (Å²) in [5, 5.41) is 4.20. The number of anilines is 1. The van der Waals surface area contributed by atoms with E-state index in [1.54, 1.807) is 0 Å². The van der Waals surface area contributed by atoms with Crippen LogP contribution in [0.2, 0.25) is 5.02 Å². The van der Waals surface area contributed by atoms with Gasteiger partial charge in [-0.25, -0.2) is 0 Å². The third-order valence-corrected chi connectivity index (χ3v) is 4.73. The second-order valence-corrected chi connectivity index (χ2v) is 7.17. The number of hydrogen-bond acceptors (Lipinski definition) is 2. The van der Waals surface area contributed by atoms with Crippen molar-refractivity contribution in [1.82, 2.24) is 0 Å². The first-order chi connectivity index (χ1) is 10.5. The standard InChI is InChI=1S/C17H18Br2ClNO/c1-3-7-22-17-12(8-13(18)9-14(17)19)10-21-16-6-4-5-15(20)11(16)2/h4-6,8-9,21H,3,7,10H2,1-2H3. The average Bonchev–Trinajstić information content (AvgIpc) is 2.47. The van der Waals surface area contributed by atoms with Crippen molar-refractivity contribution in [2.75, 3.05) is 11.9 Å². The van der Waals surface area contributed by atoms with Gasteiger partial charge in [-0.3, -0.25) is 0 Å². The molecule has 1 N–H and O–H groups in total. The molecule has 0 aromatic heterocycles. The molecule has 2 aromatic carbocycles. The Bertz CT molecular complexity index is 661. The lowest BCUT2D eigenvalue weighted by atomic mass is 10.1. The molecule has 0 heterocycles. The van der Waals surface area contributed by atoms with Gasteiger partial charge in [0.05, 0.1) is 11.1 Å². The van der Waals surface area contributed by atoms with Gasteiger partial charge < -0.3 is 10.1 Å². The highest BCUT2D eigenvalue weighted by Gasteiger charge is 2.11. The normalized spacial score (nSPS) is 10.6. The quantitative estimate of drug-likeness (QED) is 0.540. The summed E-state index contributed by atoms with van der Waals surface area (Å²) in [4.78, 5) is 0. The Balaban J connectivity index is 2.23. The molecule has 0 bridgehead atoms. The number of hydrogen-bond donors (Lipinski definition) is 1.